The first-order valence-corrected chi connectivity index (χ1v) is 12.5. The van der Waals surface area contributed by atoms with Gasteiger partial charge in [0, 0.05) is 18.6 Å². The van der Waals surface area contributed by atoms with Gasteiger partial charge in [0.15, 0.2) is 0 Å². The van der Waals surface area contributed by atoms with Crippen LogP contribution in [0, 0.1) is 0 Å². The van der Waals surface area contributed by atoms with Crippen LogP contribution in [-0.4, -0.2) is 99.9 Å². The summed E-state index contributed by atoms with van der Waals surface area (Å²) in [4.78, 5) is 49.7. The summed E-state index contributed by atoms with van der Waals surface area (Å²) in [5, 5.41) is 19.4. The molecule has 1 rings (SSSR count). The fraction of sp³-hybridized carbons (Fsp3) is 0.789. The van der Waals surface area contributed by atoms with Gasteiger partial charge in [-0.1, -0.05) is 28.5 Å². The number of hydrogen-bond acceptors (Lipinski definition) is 10. The molecule has 10 nitrogen and oxygen atoms in total. The number of aliphatic hydroxyl groups is 2. The van der Waals surface area contributed by atoms with Crippen LogP contribution in [-0.2, 0) is 23.9 Å². The van der Waals surface area contributed by atoms with E-state index < -0.39 is 29.7 Å². The number of carbonyl (C=O) groups excluding carboxylic acids is 4. The van der Waals surface area contributed by atoms with Crippen LogP contribution in [0.1, 0.15) is 40.0 Å². The van der Waals surface area contributed by atoms with E-state index in [0.29, 0.717) is 17.9 Å². The lowest BCUT2D eigenvalue weighted by Gasteiger charge is -2.29. The SMILES string of the molecule is CCC(O)COC(=O)CCSSCCC(=O)OCC(O)CN1C(=O)N(C)C(=O)C1(C)C. The van der Waals surface area contributed by atoms with Gasteiger partial charge in [-0.25, -0.2) is 4.79 Å². The molecule has 2 atom stereocenters. The number of hydrogen-bond donors (Lipinski definition) is 2. The zero-order chi connectivity index (χ0) is 23.6. The fourth-order valence-corrected chi connectivity index (χ4v) is 4.55. The monoisotopic (exact) mass is 480 g/mol. The predicted octanol–water partition coefficient (Wildman–Crippen LogP) is 1.04. The molecule has 0 aromatic heterocycles. The van der Waals surface area contributed by atoms with Crippen molar-refractivity contribution in [2.75, 3.05) is 38.3 Å². The molecule has 0 aromatic rings. The van der Waals surface area contributed by atoms with E-state index in [1.807, 2.05) is 0 Å². The summed E-state index contributed by atoms with van der Waals surface area (Å²) in [7, 11) is 4.22. The van der Waals surface area contributed by atoms with Crippen LogP contribution < -0.4 is 0 Å². The quantitative estimate of drug-likeness (QED) is 0.161. The number of urea groups is 1. The molecule has 31 heavy (non-hydrogen) atoms. The van der Waals surface area contributed by atoms with Crippen molar-refractivity contribution in [3.63, 3.8) is 0 Å². The van der Waals surface area contributed by atoms with E-state index in [1.165, 1.54) is 33.5 Å². The van der Waals surface area contributed by atoms with E-state index in [-0.39, 0.29) is 44.5 Å². The third kappa shape index (κ3) is 8.87. The number of ether oxygens (including phenoxy) is 2. The number of carbonyl (C=O) groups is 4. The molecular weight excluding hydrogens is 448 g/mol. The lowest BCUT2D eigenvalue weighted by Crippen LogP contribution is -2.48. The molecule has 1 heterocycles. The van der Waals surface area contributed by atoms with E-state index in [0.717, 1.165) is 4.90 Å². The van der Waals surface area contributed by atoms with Gasteiger partial charge < -0.3 is 24.6 Å². The highest BCUT2D eigenvalue weighted by molar-refractivity contribution is 8.76. The van der Waals surface area contributed by atoms with Crippen LogP contribution in [0.3, 0.4) is 0 Å². The molecule has 0 aromatic carbocycles. The van der Waals surface area contributed by atoms with Crippen LogP contribution in [0.25, 0.3) is 0 Å². The largest absolute Gasteiger partial charge is 0.463 e. The first kappa shape index (κ1) is 27.5. The van der Waals surface area contributed by atoms with Gasteiger partial charge in [-0.2, -0.15) is 0 Å². The fourth-order valence-electron chi connectivity index (χ4n) is 2.61. The minimum atomic E-state index is -1.11. The Balaban J connectivity index is 2.15. The van der Waals surface area contributed by atoms with E-state index in [2.05, 4.69) is 0 Å². The van der Waals surface area contributed by atoms with E-state index in [4.69, 9.17) is 9.47 Å². The molecule has 1 aliphatic heterocycles. The minimum absolute atomic E-state index is 0.00125. The molecule has 12 heteroatoms. The van der Waals surface area contributed by atoms with Crippen LogP contribution in [0.4, 0.5) is 4.79 Å². The molecule has 3 amide bonds. The second-order valence-electron chi connectivity index (χ2n) is 7.54. The number of amides is 3. The molecule has 2 N–H and O–H groups in total. The summed E-state index contributed by atoms with van der Waals surface area (Å²) < 4.78 is 9.95. The van der Waals surface area contributed by atoms with Crippen molar-refractivity contribution in [2.24, 2.45) is 0 Å². The predicted molar refractivity (Wildman–Crippen MR) is 117 cm³/mol. The van der Waals surface area contributed by atoms with E-state index >= 15 is 0 Å². The van der Waals surface area contributed by atoms with Gasteiger partial charge in [0.1, 0.15) is 24.9 Å². The van der Waals surface area contributed by atoms with Crippen LogP contribution in [0.15, 0.2) is 0 Å². The van der Waals surface area contributed by atoms with Crippen molar-refractivity contribution < 1.29 is 38.9 Å². The van der Waals surface area contributed by atoms with Crippen molar-refractivity contribution in [3.05, 3.63) is 0 Å². The standard InChI is InChI=1S/C19H32N2O8S2/c1-5-13(22)11-28-15(24)6-8-30-31-9-7-16(25)29-12-14(23)10-21-18(27)20(4)17(26)19(21,2)3/h13-14,22-23H,5-12H2,1-4H3. The van der Waals surface area contributed by atoms with Crippen molar-refractivity contribution in [1.82, 2.24) is 9.80 Å². The Bertz CT molecular complexity index is 646. The zero-order valence-electron chi connectivity index (χ0n) is 18.4. The number of imide groups is 1. The maximum absolute atomic E-state index is 12.1. The zero-order valence-corrected chi connectivity index (χ0v) is 20.0. The maximum Gasteiger partial charge on any atom is 0.327 e. The summed E-state index contributed by atoms with van der Waals surface area (Å²) in [5.74, 6) is -0.225. The van der Waals surface area contributed by atoms with Gasteiger partial charge in [0.2, 0.25) is 0 Å². The van der Waals surface area contributed by atoms with E-state index in [9.17, 15) is 29.4 Å². The number of nitrogens with zero attached hydrogens (tertiary/aromatic N) is 2. The molecule has 0 bridgehead atoms. The molecule has 0 radical (unpaired) electrons. The third-order valence-electron chi connectivity index (χ3n) is 4.62. The van der Waals surface area contributed by atoms with Crippen LogP contribution >= 0.6 is 21.6 Å². The van der Waals surface area contributed by atoms with Gasteiger partial charge in [-0.15, -0.1) is 0 Å². The Morgan fingerprint density at radius 2 is 1.48 bits per heavy atom. The first-order valence-electron chi connectivity index (χ1n) is 10.0. The second-order valence-corrected chi connectivity index (χ2v) is 10.2. The molecule has 1 fully saturated rings. The Hall–Kier alpha value is -1.50. The summed E-state index contributed by atoms with van der Waals surface area (Å²) in [6.45, 7) is 4.60. The summed E-state index contributed by atoms with van der Waals surface area (Å²) in [5.41, 5.74) is -1.06. The van der Waals surface area contributed by atoms with Crippen LogP contribution in [0.5, 0.6) is 0 Å². The molecule has 178 valence electrons. The number of likely N-dealkylation sites (N-methyl/N-ethyl adjacent to an activating group) is 1. The maximum atomic E-state index is 12.1. The summed E-state index contributed by atoms with van der Waals surface area (Å²) in [6.07, 6.45) is -0.871. The highest BCUT2D eigenvalue weighted by Gasteiger charge is 2.49. The number of esters is 2. The molecule has 2 unspecified atom stereocenters. The smallest absolute Gasteiger partial charge is 0.327 e. The Morgan fingerprint density at radius 3 is 1.90 bits per heavy atom. The van der Waals surface area contributed by atoms with Gasteiger partial charge >= 0.3 is 18.0 Å². The Morgan fingerprint density at radius 1 is 1.00 bits per heavy atom. The summed E-state index contributed by atoms with van der Waals surface area (Å²) in [6, 6.07) is -0.501. The third-order valence-corrected chi connectivity index (χ3v) is 7.03. The lowest BCUT2D eigenvalue weighted by atomic mass is 10.0. The average Bonchev–Trinajstić information content (AvgIpc) is 2.87. The Labute approximate surface area is 190 Å². The molecular formula is C19H32N2O8S2. The Kier molecular flexibility index (Phi) is 11.7. The molecule has 0 spiro atoms. The molecule has 1 aliphatic rings. The van der Waals surface area contributed by atoms with Gasteiger partial charge in [-0.3, -0.25) is 19.3 Å². The molecule has 1 saturated heterocycles. The van der Waals surface area contributed by atoms with Crippen LogP contribution in [0.2, 0.25) is 0 Å². The number of β-amino-alcohol motifs (C(OH)–C–C–N with tert-alkyl or cyclic N) is 1. The normalized spacial score (nSPS) is 17.6. The van der Waals surface area contributed by atoms with Crippen molar-refractivity contribution in [1.29, 1.82) is 0 Å². The highest BCUT2D eigenvalue weighted by atomic mass is 33.1. The van der Waals surface area contributed by atoms with Gasteiger partial charge in [0.25, 0.3) is 5.91 Å². The van der Waals surface area contributed by atoms with Crippen molar-refractivity contribution in [2.45, 2.75) is 57.8 Å². The summed E-state index contributed by atoms with van der Waals surface area (Å²) >= 11 is 0. The van der Waals surface area contributed by atoms with Gasteiger partial charge in [0.05, 0.1) is 25.5 Å². The molecule has 0 saturated carbocycles. The highest BCUT2D eigenvalue weighted by Crippen LogP contribution is 2.26. The van der Waals surface area contributed by atoms with Gasteiger partial charge in [-0.05, 0) is 20.3 Å². The number of aliphatic hydroxyl groups excluding tert-OH is 2. The number of rotatable bonds is 14. The topological polar surface area (TPSA) is 134 Å². The van der Waals surface area contributed by atoms with E-state index in [1.54, 1.807) is 20.8 Å². The lowest BCUT2D eigenvalue weighted by molar-refractivity contribution is -0.147. The average molecular weight is 481 g/mol. The minimum Gasteiger partial charge on any atom is -0.463 e. The first-order chi connectivity index (χ1) is 14.5. The molecule has 0 aliphatic carbocycles. The van der Waals surface area contributed by atoms with Crippen molar-refractivity contribution in [3.8, 4) is 0 Å². The van der Waals surface area contributed by atoms with Crippen molar-refractivity contribution >= 4 is 45.5 Å². The second kappa shape index (κ2) is 13.1.